The smallest absolute Gasteiger partial charge is 0.306 e. The number of benzene rings is 1. The fourth-order valence-corrected chi connectivity index (χ4v) is 1.36. The Labute approximate surface area is 94.6 Å². The summed E-state index contributed by atoms with van der Waals surface area (Å²) in [7, 11) is 1.37. The van der Waals surface area contributed by atoms with Crippen molar-refractivity contribution in [3.63, 3.8) is 0 Å². The molecule has 4 heteroatoms. The summed E-state index contributed by atoms with van der Waals surface area (Å²) in [6, 6.07) is 6.39. The number of rotatable bonds is 5. The molecule has 0 fully saturated rings. The molecule has 0 aliphatic heterocycles. The van der Waals surface area contributed by atoms with Gasteiger partial charge in [-0.15, -0.1) is 0 Å². The summed E-state index contributed by atoms with van der Waals surface area (Å²) in [6.07, 6.45) is 0.335. The number of ether oxygens (including phenoxy) is 1. The summed E-state index contributed by atoms with van der Waals surface area (Å²) in [6.45, 7) is 2.51. The van der Waals surface area contributed by atoms with E-state index in [4.69, 9.17) is 0 Å². The maximum atomic E-state index is 12.7. The molecule has 0 spiro atoms. The molecule has 1 aromatic rings. The molecule has 1 atom stereocenters. The lowest BCUT2D eigenvalue weighted by atomic mass is 10.1. The van der Waals surface area contributed by atoms with Crippen molar-refractivity contribution in [3.8, 4) is 0 Å². The van der Waals surface area contributed by atoms with E-state index in [1.54, 1.807) is 12.1 Å². The van der Waals surface area contributed by atoms with Crippen LogP contribution < -0.4 is 5.32 Å². The van der Waals surface area contributed by atoms with Gasteiger partial charge < -0.3 is 10.1 Å². The van der Waals surface area contributed by atoms with Crippen molar-refractivity contribution in [2.75, 3.05) is 13.7 Å². The zero-order valence-corrected chi connectivity index (χ0v) is 9.50. The Morgan fingerprint density at radius 1 is 1.44 bits per heavy atom. The van der Waals surface area contributed by atoms with Gasteiger partial charge in [0.2, 0.25) is 0 Å². The Kier molecular flexibility index (Phi) is 4.92. The van der Waals surface area contributed by atoms with E-state index in [-0.39, 0.29) is 17.8 Å². The summed E-state index contributed by atoms with van der Waals surface area (Å²) in [5.74, 6) is -0.482. The van der Waals surface area contributed by atoms with E-state index in [1.165, 1.54) is 19.2 Å². The third-order valence-electron chi connectivity index (χ3n) is 2.38. The van der Waals surface area contributed by atoms with Gasteiger partial charge in [0.1, 0.15) is 5.82 Å². The molecule has 3 nitrogen and oxygen atoms in total. The van der Waals surface area contributed by atoms with Crippen LogP contribution >= 0.6 is 0 Å². The monoisotopic (exact) mass is 225 g/mol. The van der Waals surface area contributed by atoms with Gasteiger partial charge in [-0.05, 0) is 24.6 Å². The first-order valence-corrected chi connectivity index (χ1v) is 5.19. The molecular formula is C12H16FNO2. The Morgan fingerprint density at radius 2 is 2.06 bits per heavy atom. The molecule has 0 aromatic heterocycles. The molecule has 0 aliphatic rings. The summed E-state index contributed by atoms with van der Waals surface area (Å²) in [5, 5.41) is 3.16. The van der Waals surface area contributed by atoms with Crippen LogP contribution in [0.4, 0.5) is 4.39 Å². The number of carbonyl (C=O) groups is 1. The predicted octanol–water partition coefficient (Wildman–Crippen LogP) is 2.04. The van der Waals surface area contributed by atoms with Crippen molar-refractivity contribution in [1.82, 2.24) is 5.32 Å². The van der Waals surface area contributed by atoms with Crippen molar-refractivity contribution in [2.24, 2.45) is 0 Å². The molecule has 88 valence electrons. The van der Waals surface area contributed by atoms with E-state index < -0.39 is 0 Å². The van der Waals surface area contributed by atoms with Crippen LogP contribution in [0, 0.1) is 5.82 Å². The first-order chi connectivity index (χ1) is 7.63. The highest BCUT2D eigenvalue weighted by atomic mass is 19.1. The lowest BCUT2D eigenvalue weighted by molar-refractivity contribution is -0.140. The van der Waals surface area contributed by atoms with E-state index in [0.29, 0.717) is 13.0 Å². The van der Waals surface area contributed by atoms with Crippen LogP contribution in [0.2, 0.25) is 0 Å². The van der Waals surface area contributed by atoms with E-state index in [9.17, 15) is 9.18 Å². The van der Waals surface area contributed by atoms with Crippen molar-refractivity contribution in [1.29, 1.82) is 0 Å². The third kappa shape index (κ3) is 3.98. The fourth-order valence-electron chi connectivity index (χ4n) is 1.36. The first-order valence-electron chi connectivity index (χ1n) is 5.19. The van der Waals surface area contributed by atoms with Crippen LogP contribution in [-0.2, 0) is 9.53 Å². The highest BCUT2D eigenvalue weighted by molar-refractivity contribution is 5.69. The van der Waals surface area contributed by atoms with Crippen LogP contribution in [0.25, 0.3) is 0 Å². The highest BCUT2D eigenvalue weighted by Gasteiger charge is 2.06. The lowest BCUT2D eigenvalue weighted by Crippen LogP contribution is -2.22. The van der Waals surface area contributed by atoms with Gasteiger partial charge in [0, 0.05) is 12.6 Å². The van der Waals surface area contributed by atoms with Crippen LogP contribution in [0.5, 0.6) is 0 Å². The zero-order chi connectivity index (χ0) is 12.0. The zero-order valence-electron chi connectivity index (χ0n) is 9.50. The van der Waals surface area contributed by atoms with E-state index in [2.05, 4.69) is 10.1 Å². The summed E-state index contributed by atoms with van der Waals surface area (Å²) in [5.41, 5.74) is 0.992. The van der Waals surface area contributed by atoms with E-state index in [0.717, 1.165) is 5.56 Å². The molecule has 0 bridgehead atoms. The minimum Gasteiger partial charge on any atom is -0.469 e. The average molecular weight is 225 g/mol. The van der Waals surface area contributed by atoms with Crippen molar-refractivity contribution in [3.05, 3.63) is 35.6 Å². The molecule has 16 heavy (non-hydrogen) atoms. The molecule has 1 aromatic carbocycles. The fraction of sp³-hybridized carbons (Fsp3) is 0.417. The molecule has 0 heterocycles. The topological polar surface area (TPSA) is 38.3 Å². The summed E-state index contributed by atoms with van der Waals surface area (Å²) in [4.78, 5) is 10.9. The van der Waals surface area contributed by atoms with Crippen LogP contribution in [-0.4, -0.2) is 19.6 Å². The van der Waals surface area contributed by atoms with Crippen molar-refractivity contribution < 1.29 is 13.9 Å². The van der Waals surface area contributed by atoms with Gasteiger partial charge in [-0.3, -0.25) is 4.79 Å². The van der Waals surface area contributed by atoms with Gasteiger partial charge >= 0.3 is 5.97 Å². The quantitative estimate of drug-likeness (QED) is 0.779. The number of halogens is 1. The molecule has 1 N–H and O–H groups in total. The summed E-state index contributed by atoms with van der Waals surface area (Å²) < 4.78 is 17.2. The van der Waals surface area contributed by atoms with Gasteiger partial charge in [-0.1, -0.05) is 12.1 Å². The second-order valence-corrected chi connectivity index (χ2v) is 3.55. The van der Waals surface area contributed by atoms with Crippen LogP contribution in [0.1, 0.15) is 24.9 Å². The molecule has 0 saturated heterocycles. The van der Waals surface area contributed by atoms with Gasteiger partial charge in [-0.2, -0.15) is 0 Å². The van der Waals surface area contributed by atoms with Crippen LogP contribution in [0.15, 0.2) is 24.3 Å². The number of hydrogen-bond donors (Lipinski definition) is 1. The number of carbonyl (C=O) groups excluding carboxylic acids is 1. The van der Waals surface area contributed by atoms with Gasteiger partial charge in [-0.25, -0.2) is 4.39 Å². The SMILES string of the molecule is COC(=O)CCNC(C)c1ccc(F)cc1. The van der Waals surface area contributed by atoms with Crippen LogP contribution in [0.3, 0.4) is 0 Å². The van der Waals surface area contributed by atoms with Gasteiger partial charge in [0.05, 0.1) is 13.5 Å². The minimum atomic E-state index is -0.245. The number of methoxy groups -OCH3 is 1. The Bertz CT molecular complexity index is 337. The largest absolute Gasteiger partial charge is 0.469 e. The third-order valence-corrected chi connectivity index (χ3v) is 2.38. The highest BCUT2D eigenvalue weighted by Crippen LogP contribution is 2.12. The molecule has 0 aliphatic carbocycles. The lowest BCUT2D eigenvalue weighted by Gasteiger charge is -2.13. The molecule has 1 rings (SSSR count). The maximum Gasteiger partial charge on any atom is 0.306 e. The maximum absolute atomic E-state index is 12.7. The normalized spacial score (nSPS) is 12.2. The van der Waals surface area contributed by atoms with Crippen molar-refractivity contribution in [2.45, 2.75) is 19.4 Å². The van der Waals surface area contributed by atoms with Gasteiger partial charge in [0.25, 0.3) is 0 Å². The first kappa shape index (κ1) is 12.6. The molecule has 0 radical (unpaired) electrons. The second kappa shape index (κ2) is 6.23. The Hall–Kier alpha value is -1.42. The Morgan fingerprint density at radius 3 is 2.62 bits per heavy atom. The molecule has 1 unspecified atom stereocenters. The standard InChI is InChI=1S/C12H16FNO2/c1-9(14-8-7-12(15)16-2)10-3-5-11(13)6-4-10/h3-6,9,14H,7-8H2,1-2H3. The predicted molar refractivity (Wildman–Crippen MR) is 59.5 cm³/mol. The number of esters is 1. The second-order valence-electron chi connectivity index (χ2n) is 3.55. The minimum absolute atomic E-state index is 0.0882. The molecule has 0 saturated carbocycles. The Balaban J connectivity index is 2.37. The van der Waals surface area contributed by atoms with E-state index >= 15 is 0 Å². The number of nitrogens with one attached hydrogen (secondary N) is 1. The average Bonchev–Trinajstić information content (AvgIpc) is 2.29. The molecule has 0 amide bonds. The summed E-state index contributed by atoms with van der Waals surface area (Å²) >= 11 is 0. The number of hydrogen-bond acceptors (Lipinski definition) is 3. The van der Waals surface area contributed by atoms with E-state index in [1.807, 2.05) is 6.92 Å². The van der Waals surface area contributed by atoms with Gasteiger partial charge in [0.15, 0.2) is 0 Å². The van der Waals surface area contributed by atoms with Crippen molar-refractivity contribution >= 4 is 5.97 Å². The molecular weight excluding hydrogens is 209 g/mol.